The van der Waals surface area contributed by atoms with Crippen LogP contribution in [0.5, 0.6) is 0 Å². The quantitative estimate of drug-likeness (QED) is 0.431. The Balaban J connectivity index is 1.82. The van der Waals surface area contributed by atoms with Crippen LogP contribution < -0.4 is 15.8 Å². The minimum absolute atomic E-state index is 0.174. The highest BCUT2D eigenvalue weighted by Crippen LogP contribution is 2.29. The van der Waals surface area contributed by atoms with Gasteiger partial charge in [-0.1, -0.05) is 18.2 Å². The zero-order valence-corrected chi connectivity index (χ0v) is 20.0. The number of anilines is 1. The van der Waals surface area contributed by atoms with Crippen molar-refractivity contribution in [3.05, 3.63) is 59.3 Å². The van der Waals surface area contributed by atoms with Crippen LogP contribution in [0.25, 0.3) is 0 Å². The predicted octanol–water partition coefficient (Wildman–Crippen LogP) is 2.28. The van der Waals surface area contributed by atoms with Gasteiger partial charge < -0.3 is 4.90 Å². The lowest BCUT2D eigenvalue weighted by molar-refractivity contribution is -0.174. The number of carbonyl (C=O) groups excluding carboxylic acids is 3. The number of hydrazine groups is 1. The molecule has 2 aromatic rings. The van der Waals surface area contributed by atoms with E-state index in [-0.39, 0.29) is 48.1 Å². The van der Waals surface area contributed by atoms with E-state index in [9.17, 15) is 49.1 Å². The number of hydrogen-bond acceptors (Lipinski definition) is 6. The standard InChI is InChI=1S/C21H19F6N5O5S/c22-20(23,24)15-2-1-3-16(28-15)32(19(35)31-8-10-38(36,37)11-9-31)12-13-4-6-14(7-5-13)17(33)29-30-18(34)21(25,26)27/h1-7H,8-12H2,(H,29,33)(H,30,34). The lowest BCUT2D eigenvalue weighted by Gasteiger charge is -2.32. The second kappa shape index (κ2) is 10.8. The first-order valence-corrected chi connectivity index (χ1v) is 12.5. The second-order valence-corrected chi connectivity index (χ2v) is 10.3. The van der Waals surface area contributed by atoms with Crippen LogP contribution in [0, 0.1) is 0 Å². The molecule has 4 amide bonds. The minimum Gasteiger partial charge on any atom is -0.322 e. The SMILES string of the molecule is O=C(NNC(=O)C(F)(F)F)c1ccc(CN(C(=O)N2CCS(=O)(=O)CC2)c2cccc(C(F)(F)F)n2)cc1. The van der Waals surface area contributed by atoms with Crippen molar-refractivity contribution < 1.29 is 49.1 Å². The van der Waals surface area contributed by atoms with E-state index in [1.54, 1.807) is 5.43 Å². The maximum atomic E-state index is 13.2. The molecule has 1 fully saturated rings. The number of halogens is 6. The van der Waals surface area contributed by atoms with E-state index in [0.29, 0.717) is 6.07 Å². The number of nitrogens with one attached hydrogen (secondary N) is 2. The maximum absolute atomic E-state index is 13.2. The molecule has 1 aromatic carbocycles. The van der Waals surface area contributed by atoms with E-state index < -0.39 is 45.7 Å². The van der Waals surface area contributed by atoms with Crippen LogP contribution in [0.4, 0.5) is 37.0 Å². The molecule has 1 aliphatic rings. The highest BCUT2D eigenvalue weighted by molar-refractivity contribution is 7.91. The van der Waals surface area contributed by atoms with E-state index in [2.05, 4.69) is 4.98 Å². The molecular weight excluding hydrogens is 548 g/mol. The molecular formula is C21H19F6N5O5S. The third-order valence-corrected chi connectivity index (χ3v) is 6.86. The fourth-order valence-corrected chi connectivity index (χ4v) is 4.45. The van der Waals surface area contributed by atoms with Crippen molar-refractivity contribution in [1.29, 1.82) is 0 Å². The Bertz CT molecular complexity index is 1300. The van der Waals surface area contributed by atoms with E-state index in [0.717, 1.165) is 28.0 Å². The van der Waals surface area contributed by atoms with E-state index in [4.69, 9.17) is 0 Å². The molecule has 3 rings (SSSR count). The number of alkyl halides is 6. The molecule has 10 nitrogen and oxygen atoms in total. The summed E-state index contributed by atoms with van der Waals surface area (Å²) in [5.74, 6) is -4.49. The van der Waals surface area contributed by atoms with Gasteiger partial charge in [0, 0.05) is 18.7 Å². The molecule has 2 heterocycles. The van der Waals surface area contributed by atoms with Gasteiger partial charge in [-0.25, -0.2) is 18.2 Å². The summed E-state index contributed by atoms with van der Waals surface area (Å²) >= 11 is 0. The topological polar surface area (TPSA) is 129 Å². The first-order valence-electron chi connectivity index (χ1n) is 10.6. The molecule has 206 valence electrons. The van der Waals surface area contributed by atoms with E-state index >= 15 is 0 Å². The molecule has 0 unspecified atom stereocenters. The summed E-state index contributed by atoms with van der Waals surface area (Å²) in [4.78, 5) is 41.6. The van der Waals surface area contributed by atoms with Gasteiger partial charge in [0.05, 0.1) is 18.1 Å². The summed E-state index contributed by atoms with van der Waals surface area (Å²) in [5, 5.41) is 0. The molecule has 0 atom stereocenters. The zero-order valence-electron chi connectivity index (χ0n) is 19.1. The van der Waals surface area contributed by atoms with Gasteiger partial charge in [0.25, 0.3) is 5.91 Å². The fourth-order valence-electron chi connectivity index (χ4n) is 3.25. The molecule has 0 aliphatic carbocycles. The molecule has 0 saturated carbocycles. The van der Waals surface area contributed by atoms with Crippen LogP contribution in [-0.4, -0.2) is 66.9 Å². The van der Waals surface area contributed by atoms with E-state index in [1.165, 1.54) is 23.6 Å². The van der Waals surface area contributed by atoms with Gasteiger partial charge in [0.2, 0.25) is 0 Å². The van der Waals surface area contributed by atoms with E-state index in [1.807, 2.05) is 0 Å². The summed E-state index contributed by atoms with van der Waals surface area (Å²) in [6, 6.07) is 7.01. The van der Waals surface area contributed by atoms with Crippen molar-refractivity contribution in [2.75, 3.05) is 29.5 Å². The number of rotatable bonds is 4. The summed E-state index contributed by atoms with van der Waals surface area (Å²) in [6.45, 7) is -0.706. The van der Waals surface area contributed by atoms with Crippen molar-refractivity contribution >= 4 is 33.5 Å². The Morgan fingerprint density at radius 2 is 1.53 bits per heavy atom. The van der Waals surface area contributed by atoms with Crippen LogP contribution in [0.1, 0.15) is 21.6 Å². The van der Waals surface area contributed by atoms with Gasteiger partial charge in [-0.05, 0) is 29.8 Å². The first-order chi connectivity index (χ1) is 17.6. The Morgan fingerprint density at radius 3 is 2.08 bits per heavy atom. The van der Waals surface area contributed by atoms with Gasteiger partial charge in [0.15, 0.2) is 9.84 Å². The smallest absolute Gasteiger partial charge is 0.322 e. The molecule has 0 bridgehead atoms. The van der Waals surface area contributed by atoms with Crippen LogP contribution in [0.2, 0.25) is 0 Å². The average molecular weight is 567 g/mol. The number of amides is 4. The molecule has 1 aromatic heterocycles. The third kappa shape index (κ3) is 7.33. The second-order valence-electron chi connectivity index (χ2n) is 7.99. The summed E-state index contributed by atoms with van der Waals surface area (Å²) in [5.41, 5.74) is 1.64. The van der Waals surface area contributed by atoms with Crippen molar-refractivity contribution in [2.45, 2.75) is 18.9 Å². The van der Waals surface area contributed by atoms with Gasteiger partial charge in [0.1, 0.15) is 11.5 Å². The van der Waals surface area contributed by atoms with Gasteiger partial charge in [-0.15, -0.1) is 0 Å². The summed E-state index contributed by atoms with van der Waals surface area (Å²) < 4.78 is 99.9. The Hall–Kier alpha value is -3.89. The van der Waals surface area contributed by atoms with Crippen molar-refractivity contribution in [3.63, 3.8) is 0 Å². The number of sulfone groups is 1. The molecule has 1 aliphatic heterocycles. The average Bonchev–Trinajstić information content (AvgIpc) is 2.84. The van der Waals surface area contributed by atoms with Gasteiger partial charge in [-0.2, -0.15) is 26.3 Å². The Kier molecular flexibility index (Phi) is 8.18. The molecule has 2 N–H and O–H groups in total. The third-order valence-electron chi connectivity index (χ3n) is 5.25. The number of urea groups is 1. The van der Waals surface area contributed by atoms with Crippen molar-refractivity contribution in [2.24, 2.45) is 0 Å². The van der Waals surface area contributed by atoms with Crippen LogP contribution in [0.3, 0.4) is 0 Å². The number of pyridine rings is 1. The number of aromatic nitrogens is 1. The Morgan fingerprint density at radius 1 is 0.921 bits per heavy atom. The lowest BCUT2D eigenvalue weighted by Crippen LogP contribution is -2.50. The molecule has 1 saturated heterocycles. The van der Waals surface area contributed by atoms with Gasteiger partial charge >= 0.3 is 24.3 Å². The van der Waals surface area contributed by atoms with Crippen LogP contribution >= 0.6 is 0 Å². The fraction of sp³-hybridized carbons (Fsp3) is 0.333. The number of nitrogens with zero attached hydrogens (tertiary/aromatic N) is 3. The first kappa shape index (κ1) is 28.7. The van der Waals surface area contributed by atoms with Crippen molar-refractivity contribution in [3.8, 4) is 0 Å². The number of carbonyl (C=O) groups is 3. The van der Waals surface area contributed by atoms with Gasteiger partial charge in [-0.3, -0.25) is 25.3 Å². The molecule has 17 heteroatoms. The monoisotopic (exact) mass is 567 g/mol. The molecule has 0 radical (unpaired) electrons. The largest absolute Gasteiger partial charge is 0.472 e. The normalized spacial score (nSPS) is 15.5. The molecule has 0 spiro atoms. The maximum Gasteiger partial charge on any atom is 0.472 e. The highest BCUT2D eigenvalue weighted by atomic mass is 32.2. The van der Waals surface area contributed by atoms with Crippen molar-refractivity contribution in [1.82, 2.24) is 20.7 Å². The summed E-state index contributed by atoms with van der Waals surface area (Å²) in [7, 11) is -3.36. The number of benzene rings is 1. The lowest BCUT2D eigenvalue weighted by atomic mass is 10.1. The number of hydrogen-bond donors (Lipinski definition) is 2. The highest BCUT2D eigenvalue weighted by Gasteiger charge is 2.39. The Labute approximate surface area is 211 Å². The van der Waals surface area contributed by atoms with Crippen LogP contribution in [0.15, 0.2) is 42.5 Å². The minimum atomic E-state index is -5.22. The molecule has 38 heavy (non-hydrogen) atoms. The van der Waals surface area contributed by atoms with Crippen LogP contribution in [-0.2, 0) is 27.4 Å². The summed E-state index contributed by atoms with van der Waals surface area (Å²) in [6.07, 6.45) is -10.0. The predicted molar refractivity (Wildman–Crippen MR) is 119 cm³/mol. The zero-order chi connectivity index (χ0) is 28.3.